The van der Waals surface area contributed by atoms with Crippen molar-refractivity contribution < 1.29 is 0 Å². The van der Waals surface area contributed by atoms with Crippen molar-refractivity contribution in [3.05, 3.63) is 46.1 Å². The molecule has 2 aromatic heterocycles. The van der Waals surface area contributed by atoms with Gasteiger partial charge in [0.1, 0.15) is 10.7 Å². The molecule has 1 aromatic carbocycles. The van der Waals surface area contributed by atoms with E-state index in [1.54, 1.807) is 22.7 Å². The van der Waals surface area contributed by atoms with Crippen molar-refractivity contribution in [3.8, 4) is 22.0 Å². The lowest BCUT2D eigenvalue weighted by Crippen LogP contribution is -1.95. The van der Waals surface area contributed by atoms with Crippen LogP contribution < -0.4 is 5.73 Å². The predicted octanol–water partition coefficient (Wildman–Crippen LogP) is 3.39. The molecule has 0 radical (unpaired) electrons. The SMILES string of the molecule is NCc1sc(-c2cscn2)nc1-c1ccccc1. The molecule has 0 bridgehead atoms. The van der Waals surface area contributed by atoms with Crippen LogP contribution in [0, 0.1) is 0 Å². The third-order valence-corrected chi connectivity index (χ3v) is 4.27. The summed E-state index contributed by atoms with van der Waals surface area (Å²) >= 11 is 3.20. The molecule has 0 aliphatic heterocycles. The third kappa shape index (κ3) is 2.08. The first-order chi connectivity index (χ1) is 8.88. The van der Waals surface area contributed by atoms with Crippen molar-refractivity contribution >= 4 is 22.7 Å². The maximum atomic E-state index is 5.81. The Morgan fingerprint density at radius 2 is 2.00 bits per heavy atom. The highest BCUT2D eigenvalue weighted by atomic mass is 32.1. The van der Waals surface area contributed by atoms with E-state index in [2.05, 4.69) is 22.1 Å². The molecule has 0 aliphatic carbocycles. The molecule has 2 heterocycles. The minimum Gasteiger partial charge on any atom is -0.326 e. The van der Waals surface area contributed by atoms with E-state index in [4.69, 9.17) is 5.73 Å². The average molecular weight is 273 g/mol. The van der Waals surface area contributed by atoms with Crippen LogP contribution in [0.1, 0.15) is 4.88 Å². The second-order valence-corrected chi connectivity index (χ2v) is 5.54. The smallest absolute Gasteiger partial charge is 0.143 e. The lowest BCUT2D eigenvalue weighted by Gasteiger charge is -1.98. The number of hydrogen-bond donors (Lipinski definition) is 1. The molecule has 0 aliphatic rings. The Morgan fingerprint density at radius 1 is 1.17 bits per heavy atom. The van der Waals surface area contributed by atoms with Crippen LogP contribution in [0.15, 0.2) is 41.2 Å². The summed E-state index contributed by atoms with van der Waals surface area (Å²) in [6.45, 7) is 0.506. The molecule has 5 heteroatoms. The molecular weight excluding hydrogens is 262 g/mol. The number of benzene rings is 1. The van der Waals surface area contributed by atoms with Crippen molar-refractivity contribution in [2.75, 3.05) is 0 Å². The average Bonchev–Trinajstić information content (AvgIpc) is 3.08. The fourth-order valence-electron chi connectivity index (χ4n) is 1.74. The third-order valence-electron chi connectivity index (χ3n) is 2.58. The molecule has 3 nitrogen and oxygen atoms in total. The molecule has 0 spiro atoms. The first-order valence-electron chi connectivity index (χ1n) is 5.52. The van der Waals surface area contributed by atoms with E-state index in [0.717, 1.165) is 26.8 Å². The highest BCUT2D eigenvalue weighted by Gasteiger charge is 2.13. The second-order valence-electron chi connectivity index (χ2n) is 3.73. The molecular formula is C13H11N3S2. The van der Waals surface area contributed by atoms with Gasteiger partial charge in [0.15, 0.2) is 0 Å². The van der Waals surface area contributed by atoms with Gasteiger partial charge in [-0.2, -0.15) is 0 Å². The molecule has 0 saturated heterocycles. The molecule has 0 amide bonds. The molecule has 90 valence electrons. The van der Waals surface area contributed by atoms with Crippen LogP contribution in [-0.4, -0.2) is 9.97 Å². The lowest BCUT2D eigenvalue weighted by atomic mass is 10.1. The van der Waals surface area contributed by atoms with Gasteiger partial charge in [0.25, 0.3) is 0 Å². The van der Waals surface area contributed by atoms with E-state index in [1.807, 2.05) is 29.1 Å². The molecule has 0 saturated carbocycles. The van der Waals surface area contributed by atoms with Crippen molar-refractivity contribution in [2.24, 2.45) is 5.73 Å². The zero-order valence-corrected chi connectivity index (χ0v) is 11.2. The molecule has 18 heavy (non-hydrogen) atoms. The minimum absolute atomic E-state index is 0.506. The largest absolute Gasteiger partial charge is 0.326 e. The van der Waals surface area contributed by atoms with E-state index in [-0.39, 0.29) is 0 Å². The Balaban J connectivity index is 2.10. The second kappa shape index (κ2) is 4.97. The fraction of sp³-hybridized carbons (Fsp3) is 0.0769. The van der Waals surface area contributed by atoms with E-state index in [9.17, 15) is 0 Å². The molecule has 0 unspecified atom stereocenters. The van der Waals surface area contributed by atoms with Crippen LogP contribution in [0.4, 0.5) is 0 Å². The number of hydrogen-bond acceptors (Lipinski definition) is 5. The van der Waals surface area contributed by atoms with E-state index >= 15 is 0 Å². The Morgan fingerprint density at radius 3 is 2.67 bits per heavy atom. The maximum Gasteiger partial charge on any atom is 0.143 e. The maximum absolute atomic E-state index is 5.81. The standard InChI is InChI=1S/C13H11N3S2/c14-6-11-12(9-4-2-1-3-5-9)16-13(18-11)10-7-17-8-15-10/h1-5,7-8H,6,14H2. The number of thiazole rings is 2. The van der Waals surface area contributed by atoms with Gasteiger partial charge in [0.05, 0.1) is 11.2 Å². The van der Waals surface area contributed by atoms with Crippen LogP contribution in [0.5, 0.6) is 0 Å². The molecule has 2 N–H and O–H groups in total. The van der Waals surface area contributed by atoms with Gasteiger partial charge in [-0.15, -0.1) is 22.7 Å². The molecule has 3 aromatic rings. The summed E-state index contributed by atoms with van der Waals surface area (Å²) in [6.07, 6.45) is 0. The topological polar surface area (TPSA) is 51.8 Å². The lowest BCUT2D eigenvalue weighted by molar-refractivity contribution is 1.10. The highest BCUT2D eigenvalue weighted by Crippen LogP contribution is 2.33. The number of rotatable bonds is 3. The fourth-order valence-corrected chi connectivity index (χ4v) is 3.28. The normalized spacial score (nSPS) is 10.7. The van der Waals surface area contributed by atoms with Gasteiger partial charge in [0.2, 0.25) is 0 Å². The first-order valence-corrected chi connectivity index (χ1v) is 7.28. The summed E-state index contributed by atoms with van der Waals surface area (Å²) in [7, 11) is 0. The Hall–Kier alpha value is -1.56. The van der Waals surface area contributed by atoms with Crippen molar-refractivity contribution in [1.82, 2.24) is 9.97 Å². The predicted molar refractivity (Wildman–Crippen MR) is 76.5 cm³/mol. The Bertz CT molecular complexity index is 630. The number of nitrogens with zero attached hydrogens (tertiary/aromatic N) is 2. The minimum atomic E-state index is 0.506. The van der Waals surface area contributed by atoms with Crippen LogP contribution >= 0.6 is 22.7 Å². The summed E-state index contributed by atoms with van der Waals surface area (Å²) in [5, 5.41) is 2.95. The van der Waals surface area contributed by atoms with Crippen molar-refractivity contribution in [1.29, 1.82) is 0 Å². The van der Waals surface area contributed by atoms with Gasteiger partial charge in [0, 0.05) is 22.4 Å². The van der Waals surface area contributed by atoms with Crippen molar-refractivity contribution in [3.63, 3.8) is 0 Å². The summed E-state index contributed by atoms with van der Waals surface area (Å²) in [6, 6.07) is 10.1. The zero-order valence-electron chi connectivity index (χ0n) is 9.54. The van der Waals surface area contributed by atoms with Crippen LogP contribution in [0.25, 0.3) is 22.0 Å². The van der Waals surface area contributed by atoms with Crippen molar-refractivity contribution in [2.45, 2.75) is 6.54 Å². The van der Waals surface area contributed by atoms with Crippen LogP contribution in [0.2, 0.25) is 0 Å². The Kier molecular flexibility index (Phi) is 3.19. The quantitative estimate of drug-likeness (QED) is 0.795. The number of aromatic nitrogens is 2. The van der Waals surface area contributed by atoms with Gasteiger partial charge in [-0.05, 0) is 0 Å². The summed E-state index contributed by atoms with van der Waals surface area (Å²) in [4.78, 5) is 10.1. The zero-order chi connectivity index (χ0) is 12.4. The molecule has 0 fully saturated rings. The van der Waals surface area contributed by atoms with E-state index < -0.39 is 0 Å². The van der Waals surface area contributed by atoms with Gasteiger partial charge in [-0.1, -0.05) is 30.3 Å². The summed E-state index contributed by atoms with van der Waals surface area (Å²) in [5.74, 6) is 0. The van der Waals surface area contributed by atoms with Gasteiger partial charge in [-0.25, -0.2) is 9.97 Å². The van der Waals surface area contributed by atoms with Gasteiger partial charge >= 0.3 is 0 Å². The summed E-state index contributed by atoms with van der Waals surface area (Å²) < 4.78 is 0. The van der Waals surface area contributed by atoms with Crippen LogP contribution in [0.3, 0.4) is 0 Å². The number of nitrogens with two attached hydrogens (primary N) is 1. The first kappa shape index (κ1) is 11.5. The van der Waals surface area contributed by atoms with E-state index in [1.165, 1.54) is 0 Å². The molecule has 0 atom stereocenters. The van der Waals surface area contributed by atoms with Crippen LogP contribution in [-0.2, 0) is 6.54 Å². The molecule has 3 rings (SSSR count). The van der Waals surface area contributed by atoms with E-state index in [0.29, 0.717) is 6.54 Å². The van der Waals surface area contributed by atoms with Gasteiger partial charge < -0.3 is 5.73 Å². The monoisotopic (exact) mass is 273 g/mol. The van der Waals surface area contributed by atoms with Gasteiger partial charge in [-0.3, -0.25) is 0 Å². The summed E-state index contributed by atoms with van der Waals surface area (Å²) in [5.41, 5.74) is 10.6. The highest BCUT2D eigenvalue weighted by molar-refractivity contribution is 7.16. The Labute approximate surface area is 113 Å².